The molecule has 1 heterocycles. The van der Waals surface area contributed by atoms with E-state index in [-0.39, 0.29) is 30.0 Å². The molecule has 1 aliphatic carbocycles. The Morgan fingerprint density at radius 1 is 1.10 bits per heavy atom. The molecular weight excluding hydrogens is 394 g/mol. The van der Waals surface area contributed by atoms with Crippen molar-refractivity contribution in [2.24, 2.45) is 0 Å². The number of carbonyl (C=O) groups is 3. The van der Waals surface area contributed by atoms with E-state index in [1.165, 1.54) is 6.42 Å². The van der Waals surface area contributed by atoms with Crippen molar-refractivity contribution in [1.82, 2.24) is 15.5 Å². The SMILES string of the molecule is CC(C)(C)NC(=O)OCCCCN1C(=O)c2ccccc2C1C(=O)NC1CCCCC1. The first kappa shape index (κ1) is 23.1. The smallest absolute Gasteiger partial charge is 0.407 e. The quantitative estimate of drug-likeness (QED) is 0.643. The number of unbranched alkanes of at least 4 members (excludes halogenated alkanes) is 1. The summed E-state index contributed by atoms with van der Waals surface area (Å²) in [4.78, 5) is 39.6. The summed E-state index contributed by atoms with van der Waals surface area (Å²) in [7, 11) is 0. The van der Waals surface area contributed by atoms with Crippen LogP contribution in [0.15, 0.2) is 24.3 Å². The summed E-state index contributed by atoms with van der Waals surface area (Å²) < 4.78 is 5.21. The third-order valence-electron chi connectivity index (χ3n) is 5.76. The van der Waals surface area contributed by atoms with E-state index in [1.54, 1.807) is 11.0 Å². The van der Waals surface area contributed by atoms with Gasteiger partial charge in [0.15, 0.2) is 0 Å². The Morgan fingerprint density at radius 2 is 1.81 bits per heavy atom. The van der Waals surface area contributed by atoms with Gasteiger partial charge in [0.25, 0.3) is 5.91 Å². The number of amides is 3. The number of nitrogens with one attached hydrogen (secondary N) is 2. The highest BCUT2D eigenvalue weighted by Gasteiger charge is 2.41. The van der Waals surface area contributed by atoms with Gasteiger partial charge in [-0.2, -0.15) is 0 Å². The summed E-state index contributed by atoms with van der Waals surface area (Å²) in [6.45, 7) is 6.40. The molecule has 1 fully saturated rings. The lowest BCUT2D eigenvalue weighted by atomic mass is 9.95. The Hall–Kier alpha value is -2.57. The van der Waals surface area contributed by atoms with E-state index in [0.29, 0.717) is 24.9 Å². The Morgan fingerprint density at radius 3 is 2.52 bits per heavy atom. The molecule has 7 heteroatoms. The van der Waals surface area contributed by atoms with Gasteiger partial charge in [0.2, 0.25) is 5.91 Å². The van der Waals surface area contributed by atoms with Crippen molar-refractivity contribution in [3.05, 3.63) is 35.4 Å². The topological polar surface area (TPSA) is 87.7 Å². The fraction of sp³-hybridized carbons (Fsp3) is 0.625. The van der Waals surface area contributed by atoms with Crippen LogP contribution in [0.3, 0.4) is 0 Å². The molecule has 7 nitrogen and oxygen atoms in total. The summed E-state index contributed by atoms with van der Waals surface area (Å²) in [5.74, 6) is -0.197. The van der Waals surface area contributed by atoms with Crippen LogP contribution in [0.1, 0.15) is 87.7 Å². The maximum absolute atomic E-state index is 13.2. The van der Waals surface area contributed by atoms with E-state index in [2.05, 4.69) is 10.6 Å². The minimum Gasteiger partial charge on any atom is -0.450 e. The third kappa shape index (κ3) is 6.21. The molecule has 1 aliphatic heterocycles. The highest BCUT2D eigenvalue weighted by molar-refractivity contribution is 6.04. The minimum atomic E-state index is -0.587. The van der Waals surface area contributed by atoms with Crippen LogP contribution in [-0.2, 0) is 9.53 Å². The molecule has 170 valence electrons. The first-order valence-corrected chi connectivity index (χ1v) is 11.4. The number of nitrogens with zero attached hydrogens (tertiary/aromatic N) is 1. The van der Waals surface area contributed by atoms with Crippen molar-refractivity contribution in [3.63, 3.8) is 0 Å². The van der Waals surface area contributed by atoms with Gasteiger partial charge in [-0.1, -0.05) is 37.5 Å². The monoisotopic (exact) mass is 429 g/mol. The van der Waals surface area contributed by atoms with Gasteiger partial charge in [-0.3, -0.25) is 9.59 Å². The van der Waals surface area contributed by atoms with Gasteiger partial charge < -0.3 is 20.3 Å². The summed E-state index contributed by atoms with van der Waals surface area (Å²) in [5.41, 5.74) is 1.04. The summed E-state index contributed by atoms with van der Waals surface area (Å²) >= 11 is 0. The van der Waals surface area contributed by atoms with Crippen LogP contribution in [-0.4, -0.2) is 47.5 Å². The minimum absolute atomic E-state index is 0.0917. The zero-order chi connectivity index (χ0) is 22.4. The molecule has 1 aromatic rings. The van der Waals surface area contributed by atoms with E-state index in [9.17, 15) is 14.4 Å². The van der Waals surface area contributed by atoms with Crippen molar-refractivity contribution in [2.75, 3.05) is 13.2 Å². The van der Waals surface area contributed by atoms with Crippen LogP contribution in [0, 0.1) is 0 Å². The fourth-order valence-electron chi connectivity index (χ4n) is 4.30. The van der Waals surface area contributed by atoms with Crippen LogP contribution in [0.4, 0.5) is 4.79 Å². The molecule has 1 atom stereocenters. The molecule has 0 spiro atoms. The van der Waals surface area contributed by atoms with Crippen molar-refractivity contribution >= 4 is 17.9 Å². The lowest BCUT2D eigenvalue weighted by Gasteiger charge is -2.28. The molecule has 0 saturated heterocycles. The molecule has 3 amide bonds. The van der Waals surface area contributed by atoms with Crippen molar-refractivity contribution in [1.29, 1.82) is 0 Å². The highest BCUT2D eigenvalue weighted by atomic mass is 16.5. The van der Waals surface area contributed by atoms with E-state index in [0.717, 1.165) is 31.2 Å². The molecule has 1 unspecified atom stereocenters. The predicted octanol–water partition coefficient (Wildman–Crippen LogP) is 3.94. The average molecular weight is 430 g/mol. The predicted molar refractivity (Wildman–Crippen MR) is 119 cm³/mol. The van der Waals surface area contributed by atoms with Crippen LogP contribution < -0.4 is 10.6 Å². The summed E-state index contributed by atoms with van der Waals surface area (Å²) in [6.07, 6.45) is 6.32. The number of hydrogen-bond acceptors (Lipinski definition) is 4. The van der Waals surface area contributed by atoms with Gasteiger partial charge in [-0.15, -0.1) is 0 Å². The van der Waals surface area contributed by atoms with E-state index in [4.69, 9.17) is 4.74 Å². The van der Waals surface area contributed by atoms with Gasteiger partial charge in [-0.05, 0) is 58.1 Å². The number of rotatable bonds is 7. The zero-order valence-electron chi connectivity index (χ0n) is 18.9. The first-order valence-electron chi connectivity index (χ1n) is 11.4. The number of hydrogen-bond donors (Lipinski definition) is 2. The van der Waals surface area contributed by atoms with Crippen molar-refractivity contribution in [3.8, 4) is 0 Å². The standard InChI is InChI=1S/C24H35N3O4/c1-24(2,3)26-23(30)31-16-10-9-15-27-20(18-13-7-8-14-19(18)22(27)29)21(28)25-17-11-5-4-6-12-17/h7-8,13-14,17,20H,4-6,9-12,15-16H2,1-3H3,(H,25,28)(H,26,30). The van der Waals surface area contributed by atoms with Gasteiger partial charge in [-0.25, -0.2) is 4.79 Å². The second-order valence-corrected chi connectivity index (χ2v) is 9.55. The Kier molecular flexibility index (Phi) is 7.57. The first-order chi connectivity index (χ1) is 14.8. The van der Waals surface area contributed by atoms with Crippen molar-refractivity contribution < 1.29 is 19.1 Å². The maximum atomic E-state index is 13.2. The highest BCUT2D eigenvalue weighted by Crippen LogP contribution is 2.34. The van der Waals surface area contributed by atoms with Crippen LogP contribution in [0.5, 0.6) is 0 Å². The summed E-state index contributed by atoms with van der Waals surface area (Å²) in [6, 6.07) is 6.98. The van der Waals surface area contributed by atoms with Gasteiger partial charge in [0.05, 0.1) is 6.61 Å². The molecule has 0 bridgehead atoms. The molecule has 31 heavy (non-hydrogen) atoms. The Balaban J connectivity index is 1.56. The maximum Gasteiger partial charge on any atom is 0.407 e. The lowest BCUT2D eigenvalue weighted by molar-refractivity contribution is -0.126. The normalized spacial score (nSPS) is 19.1. The largest absolute Gasteiger partial charge is 0.450 e. The second-order valence-electron chi connectivity index (χ2n) is 9.55. The van der Waals surface area contributed by atoms with Gasteiger partial charge >= 0.3 is 6.09 Å². The Bertz CT molecular complexity index is 796. The molecule has 1 aromatic carbocycles. The fourth-order valence-corrected chi connectivity index (χ4v) is 4.30. The number of carbonyl (C=O) groups excluding carboxylic acids is 3. The van der Waals surface area contributed by atoms with E-state index < -0.39 is 12.1 Å². The van der Waals surface area contributed by atoms with Gasteiger partial charge in [0.1, 0.15) is 6.04 Å². The molecule has 2 aliphatic rings. The number of fused-ring (bicyclic) bond motifs is 1. The van der Waals surface area contributed by atoms with E-state index >= 15 is 0 Å². The molecule has 0 aromatic heterocycles. The second kappa shape index (κ2) is 10.2. The molecule has 3 rings (SSSR count). The lowest BCUT2D eigenvalue weighted by Crippen LogP contribution is -2.44. The van der Waals surface area contributed by atoms with Crippen LogP contribution >= 0.6 is 0 Å². The molecule has 1 saturated carbocycles. The number of alkyl carbamates (subject to hydrolysis) is 1. The molecular formula is C24H35N3O4. The number of benzene rings is 1. The summed E-state index contributed by atoms with van der Waals surface area (Å²) in [5, 5.41) is 5.93. The number of ether oxygens (including phenoxy) is 1. The zero-order valence-corrected chi connectivity index (χ0v) is 18.9. The Labute approximate surface area is 184 Å². The van der Waals surface area contributed by atoms with Crippen LogP contribution in [0.2, 0.25) is 0 Å². The molecule has 2 N–H and O–H groups in total. The van der Waals surface area contributed by atoms with Gasteiger partial charge in [0, 0.05) is 23.7 Å². The average Bonchev–Trinajstić information content (AvgIpc) is 2.99. The third-order valence-corrected chi connectivity index (χ3v) is 5.76. The molecule has 0 radical (unpaired) electrons. The van der Waals surface area contributed by atoms with Crippen molar-refractivity contribution in [2.45, 2.75) is 83.3 Å². The van der Waals surface area contributed by atoms with E-state index in [1.807, 2.05) is 39.0 Å². The van der Waals surface area contributed by atoms with Crippen LogP contribution in [0.25, 0.3) is 0 Å².